The summed E-state index contributed by atoms with van der Waals surface area (Å²) in [7, 11) is -0.756. The van der Waals surface area contributed by atoms with E-state index in [1.807, 2.05) is 13.8 Å². The van der Waals surface area contributed by atoms with Gasteiger partial charge in [0.25, 0.3) is 0 Å². The second-order valence-corrected chi connectivity index (χ2v) is 4.24. The summed E-state index contributed by atoms with van der Waals surface area (Å²) in [5.41, 5.74) is 5.44. The Morgan fingerprint density at radius 1 is 1.50 bits per heavy atom. The third kappa shape index (κ3) is 5.69. The molecule has 0 aliphatic carbocycles. The Labute approximate surface area is 77.1 Å². The average Bonchev–Trinajstić information content (AvgIpc) is 2.04. The topological polar surface area (TPSA) is 52.3 Å². The monoisotopic (exact) mass is 193 g/mol. The van der Waals surface area contributed by atoms with Crippen LogP contribution in [0.15, 0.2) is 0 Å². The molecule has 0 fully saturated rings. The Kier molecular flexibility index (Phi) is 7.75. The Morgan fingerprint density at radius 2 is 2.17 bits per heavy atom. The summed E-state index contributed by atoms with van der Waals surface area (Å²) in [6, 6.07) is 0. The molecule has 0 aliphatic heterocycles. The molecule has 0 aliphatic rings. The van der Waals surface area contributed by atoms with Crippen LogP contribution in [0.5, 0.6) is 0 Å². The fraction of sp³-hybridized carbons (Fsp3) is 1.00. The van der Waals surface area contributed by atoms with Gasteiger partial charge in [-0.25, -0.2) is 0 Å². The van der Waals surface area contributed by atoms with Gasteiger partial charge < -0.3 is 10.5 Å². The third-order valence-electron chi connectivity index (χ3n) is 1.47. The molecule has 0 heterocycles. The van der Waals surface area contributed by atoms with Crippen LogP contribution in [0.2, 0.25) is 0 Å². The van der Waals surface area contributed by atoms with Crippen molar-refractivity contribution >= 4 is 10.8 Å². The van der Waals surface area contributed by atoms with Gasteiger partial charge in [-0.2, -0.15) is 0 Å². The second-order valence-electron chi connectivity index (χ2n) is 2.62. The summed E-state index contributed by atoms with van der Waals surface area (Å²) >= 11 is 0. The Morgan fingerprint density at radius 3 is 2.58 bits per heavy atom. The van der Waals surface area contributed by atoms with E-state index in [0.29, 0.717) is 18.9 Å². The van der Waals surface area contributed by atoms with E-state index in [4.69, 9.17) is 10.5 Å². The zero-order chi connectivity index (χ0) is 9.40. The van der Waals surface area contributed by atoms with Gasteiger partial charge in [0.15, 0.2) is 0 Å². The maximum Gasteiger partial charge on any atom is 0.0812 e. The molecule has 74 valence electrons. The minimum absolute atomic E-state index is 0.0256. The van der Waals surface area contributed by atoms with Crippen LogP contribution in [0, 0.1) is 0 Å². The fourth-order valence-corrected chi connectivity index (χ4v) is 2.21. The van der Waals surface area contributed by atoms with Gasteiger partial charge in [0.2, 0.25) is 0 Å². The Balaban J connectivity index is 3.61. The van der Waals surface area contributed by atoms with Gasteiger partial charge in [-0.05, 0) is 13.3 Å². The first-order chi connectivity index (χ1) is 5.74. The highest BCUT2D eigenvalue weighted by Crippen LogP contribution is 1.95. The summed E-state index contributed by atoms with van der Waals surface area (Å²) in [5, 5.41) is 0. The Hall–Kier alpha value is 0.0700. The average molecular weight is 193 g/mol. The zero-order valence-electron chi connectivity index (χ0n) is 7.91. The number of hydrogen-bond acceptors (Lipinski definition) is 3. The molecule has 0 bridgehead atoms. The van der Waals surface area contributed by atoms with E-state index >= 15 is 0 Å². The van der Waals surface area contributed by atoms with Crippen molar-refractivity contribution in [1.29, 1.82) is 0 Å². The summed E-state index contributed by atoms with van der Waals surface area (Å²) in [6.45, 7) is 5.05. The van der Waals surface area contributed by atoms with E-state index in [0.717, 1.165) is 12.2 Å². The molecule has 2 unspecified atom stereocenters. The normalized spacial score (nSPS) is 15.9. The largest absolute Gasteiger partial charge is 0.376 e. The molecule has 0 saturated carbocycles. The molecular formula is C8H19NO2S. The van der Waals surface area contributed by atoms with E-state index in [2.05, 4.69) is 0 Å². The van der Waals surface area contributed by atoms with Crippen LogP contribution in [0.3, 0.4) is 0 Å². The number of rotatable bonds is 7. The van der Waals surface area contributed by atoms with Crippen molar-refractivity contribution in [2.75, 3.05) is 24.7 Å². The highest BCUT2D eigenvalue weighted by molar-refractivity contribution is 7.85. The van der Waals surface area contributed by atoms with E-state index in [9.17, 15) is 4.21 Å². The van der Waals surface area contributed by atoms with E-state index in [1.54, 1.807) is 0 Å². The van der Waals surface area contributed by atoms with Gasteiger partial charge in [-0.15, -0.1) is 0 Å². The van der Waals surface area contributed by atoms with Crippen molar-refractivity contribution in [1.82, 2.24) is 0 Å². The van der Waals surface area contributed by atoms with Crippen LogP contribution in [-0.2, 0) is 15.5 Å². The molecule has 0 rings (SSSR count). The molecule has 2 atom stereocenters. The SMILES string of the molecule is CCCS(=O)CC(CN)OCC. The molecule has 0 aromatic heterocycles. The highest BCUT2D eigenvalue weighted by Gasteiger charge is 2.09. The van der Waals surface area contributed by atoms with E-state index in [-0.39, 0.29) is 6.10 Å². The van der Waals surface area contributed by atoms with Gasteiger partial charge in [-0.1, -0.05) is 6.92 Å². The lowest BCUT2D eigenvalue weighted by Crippen LogP contribution is -2.30. The molecule has 4 heteroatoms. The van der Waals surface area contributed by atoms with Crippen molar-refractivity contribution in [3.8, 4) is 0 Å². The Bertz CT molecular complexity index is 130. The standard InChI is InChI=1S/C8H19NO2S/c1-3-5-12(10)7-8(6-9)11-4-2/h8H,3-7,9H2,1-2H3. The number of nitrogens with two attached hydrogens (primary N) is 1. The lowest BCUT2D eigenvalue weighted by molar-refractivity contribution is 0.0852. The van der Waals surface area contributed by atoms with E-state index < -0.39 is 10.8 Å². The summed E-state index contributed by atoms with van der Waals surface area (Å²) in [4.78, 5) is 0. The predicted molar refractivity (Wildman–Crippen MR) is 52.6 cm³/mol. The van der Waals surface area contributed by atoms with Gasteiger partial charge >= 0.3 is 0 Å². The van der Waals surface area contributed by atoms with Crippen LogP contribution in [-0.4, -0.2) is 35.0 Å². The quantitative estimate of drug-likeness (QED) is 0.641. The molecule has 0 spiro atoms. The van der Waals surface area contributed by atoms with Crippen molar-refractivity contribution in [2.45, 2.75) is 26.4 Å². The molecule has 2 N–H and O–H groups in total. The van der Waals surface area contributed by atoms with Gasteiger partial charge in [0.1, 0.15) is 0 Å². The number of hydrogen-bond donors (Lipinski definition) is 1. The first-order valence-electron chi connectivity index (χ1n) is 4.41. The van der Waals surface area contributed by atoms with Crippen LogP contribution in [0.4, 0.5) is 0 Å². The van der Waals surface area contributed by atoms with Gasteiger partial charge in [-0.3, -0.25) is 4.21 Å². The van der Waals surface area contributed by atoms with Crippen LogP contribution in [0.1, 0.15) is 20.3 Å². The fourth-order valence-electron chi connectivity index (χ4n) is 0.938. The molecule has 0 amide bonds. The number of ether oxygens (including phenoxy) is 1. The summed E-state index contributed by atoms with van der Waals surface area (Å²) in [6.07, 6.45) is 0.929. The molecular weight excluding hydrogens is 174 g/mol. The molecule has 3 nitrogen and oxygen atoms in total. The van der Waals surface area contributed by atoms with Crippen molar-refractivity contribution < 1.29 is 8.95 Å². The lowest BCUT2D eigenvalue weighted by atomic mass is 10.4. The minimum Gasteiger partial charge on any atom is -0.376 e. The molecule has 0 aromatic carbocycles. The molecule has 0 radical (unpaired) electrons. The van der Waals surface area contributed by atoms with Crippen molar-refractivity contribution in [3.05, 3.63) is 0 Å². The molecule has 12 heavy (non-hydrogen) atoms. The van der Waals surface area contributed by atoms with Crippen molar-refractivity contribution in [3.63, 3.8) is 0 Å². The predicted octanol–water partition coefficient (Wildman–Crippen LogP) is 0.509. The highest BCUT2D eigenvalue weighted by atomic mass is 32.2. The second kappa shape index (κ2) is 7.71. The summed E-state index contributed by atoms with van der Waals surface area (Å²) in [5.74, 6) is 1.34. The maximum absolute atomic E-state index is 11.3. The summed E-state index contributed by atoms with van der Waals surface area (Å²) < 4.78 is 16.6. The maximum atomic E-state index is 11.3. The first kappa shape index (κ1) is 12.1. The van der Waals surface area contributed by atoms with Crippen LogP contribution < -0.4 is 5.73 Å². The smallest absolute Gasteiger partial charge is 0.0812 e. The lowest BCUT2D eigenvalue weighted by Gasteiger charge is -2.13. The molecule has 0 aromatic rings. The van der Waals surface area contributed by atoms with E-state index in [1.165, 1.54) is 0 Å². The molecule has 0 saturated heterocycles. The minimum atomic E-state index is -0.756. The van der Waals surface area contributed by atoms with Gasteiger partial charge in [0, 0.05) is 29.7 Å². The zero-order valence-corrected chi connectivity index (χ0v) is 8.73. The first-order valence-corrected chi connectivity index (χ1v) is 5.90. The van der Waals surface area contributed by atoms with Crippen LogP contribution >= 0.6 is 0 Å². The van der Waals surface area contributed by atoms with Crippen molar-refractivity contribution in [2.24, 2.45) is 5.73 Å². The van der Waals surface area contributed by atoms with Gasteiger partial charge in [0.05, 0.1) is 11.9 Å². The van der Waals surface area contributed by atoms with Crippen LogP contribution in [0.25, 0.3) is 0 Å². The third-order valence-corrected chi connectivity index (χ3v) is 3.08.